The smallest absolute Gasteiger partial charge is 0.260 e. The summed E-state index contributed by atoms with van der Waals surface area (Å²) in [6.45, 7) is 0. The molecule has 3 aromatic rings. The highest BCUT2D eigenvalue weighted by Gasteiger charge is 2.21. The lowest BCUT2D eigenvalue weighted by molar-refractivity contribution is 0.102. The minimum atomic E-state index is -0.955. The van der Waals surface area contributed by atoms with Crippen molar-refractivity contribution in [3.8, 4) is 0 Å². The molecule has 1 saturated carbocycles. The summed E-state index contributed by atoms with van der Waals surface area (Å²) < 4.78 is 27.1. The fourth-order valence-corrected chi connectivity index (χ4v) is 5.12. The molecule has 26 heavy (non-hydrogen) atoms. The van der Waals surface area contributed by atoms with Gasteiger partial charge in [0, 0.05) is 17.5 Å². The van der Waals surface area contributed by atoms with Gasteiger partial charge >= 0.3 is 0 Å². The van der Waals surface area contributed by atoms with Crippen LogP contribution in [0.15, 0.2) is 35.5 Å². The van der Waals surface area contributed by atoms with Crippen molar-refractivity contribution in [2.75, 3.05) is 5.32 Å². The lowest BCUT2D eigenvalue weighted by atomic mass is 10.3. The first kappa shape index (κ1) is 17.4. The lowest BCUT2D eigenvalue weighted by Crippen LogP contribution is -2.14. The van der Waals surface area contributed by atoms with Crippen LogP contribution in [-0.4, -0.2) is 21.1 Å². The Morgan fingerprint density at radius 3 is 2.81 bits per heavy atom. The van der Waals surface area contributed by atoms with E-state index in [9.17, 15) is 13.6 Å². The van der Waals surface area contributed by atoms with E-state index in [0.717, 1.165) is 36.3 Å². The Morgan fingerprint density at radius 1 is 1.23 bits per heavy atom. The van der Waals surface area contributed by atoms with Gasteiger partial charge in [0.15, 0.2) is 16.8 Å². The Kier molecular flexibility index (Phi) is 4.86. The maximum Gasteiger partial charge on any atom is 0.260 e. The molecular weight excluding hydrogens is 376 g/mol. The van der Waals surface area contributed by atoms with Crippen LogP contribution in [0.3, 0.4) is 0 Å². The number of hydrogen-bond acceptors (Lipinski definition) is 5. The van der Waals surface area contributed by atoms with E-state index in [0.29, 0.717) is 31.2 Å². The van der Waals surface area contributed by atoms with Crippen LogP contribution in [0.2, 0.25) is 0 Å². The largest absolute Gasteiger partial charge is 0.298 e. The molecule has 2 heterocycles. The highest BCUT2D eigenvalue weighted by atomic mass is 32.2. The molecule has 1 aliphatic carbocycles. The topological polar surface area (TPSA) is 54.9 Å². The van der Waals surface area contributed by atoms with Gasteiger partial charge in [0.05, 0.1) is 15.8 Å². The highest BCUT2D eigenvalue weighted by Crippen LogP contribution is 2.35. The average molecular weight is 391 g/mol. The van der Waals surface area contributed by atoms with Gasteiger partial charge in [0.1, 0.15) is 5.03 Å². The number of benzene rings is 1. The zero-order valence-corrected chi connectivity index (χ0v) is 15.3. The number of carbonyl (C=O) groups is 1. The fraction of sp³-hybridized carbons (Fsp3) is 0.278. The third-order valence-electron chi connectivity index (χ3n) is 4.25. The molecule has 4 rings (SSSR count). The predicted octanol–water partition coefficient (Wildman–Crippen LogP) is 5.26. The first-order valence-electron chi connectivity index (χ1n) is 8.29. The molecule has 0 radical (unpaired) electrons. The van der Waals surface area contributed by atoms with E-state index in [-0.39, 0.29) is 5.91 Å². The summed E-state index contributed by atoms with van der Waals surface area (Å²) in [4.78, 5) is 21.2. The molecule has 0 aliphatic heterocycles. The summed E-state index contributed by atoms with van der Waals surface area (Å²) >= 11 is 2.74. The van der Waals surface area contributed by atoms with Crippen LogP contribution in [0, 0.1) is 11.6 Å². The van der Waals surface area contributed by atoms with Gasteiger partial charge < -0.3 is 0 Å². The summed E-state index contributed by atoms with van der Waals surface area (Å²) in [6.07, 6.45) is 6.38. The third-order valence-corrected chi connectivity index (χ3v) is 6.53. The molecular formula is C18H15F2N3OS2. The van der Waals surface area contributed by atoms with Crippen LogP contribution < -0.4 is 5.32 Å². The number of thiazole rings is 1. The molecule has 0 atom stereocenters. The molecule has 4 nitrogen and oxygen atoms in total. The van der Waals surface area contributed by atoms with Gasteiger partial charge in [-0.1, -0.05) is 24.2 Å². The summed E-state index contributed by atoms with van der Waals surface area (Å²) in [5, 5.41) is 4.22. The average Bonchev–Trinajstić information content (AvgIpc) is 3.25. The zero-order valence-electron chi connectivity index (χ0n) is 13.7. The van der Waals surface area contributed by atoms with Crippen LogP contribution >= 0.6 is 23.1 Å². The number of carbonyl (C=O) groups excluding carboxylic acids is 1. The van der Waals surface area contributed by atoms with E-state index in [2.05, 4.69) is 15.3 Å². The Balaban J connectivity index is 1.56. The van der Waals surface area contributed by atoms with Gasteiger partial charge in [-0.05, 0) is 31.0 Å². The van der Waals surface area contributed by atoms with Crippen molar-refractivity contribution in [3.63, 3.8) is 0 Å². The molecule has 8 heteroatoms. The number of nitrogens with zero attached hydrogens (tertiary/aromatic N) is 2. The molecule has 134 valence electrons. The van der Waals surface area contributed by atoms with Crippen LogP contribution in [-0.2, 0) is 0 Å². The van der Waals surface area contributed by atoms with Crippen molar-refractivity contribution in [3.05, 3.63) is 47.7 Å². The molecule has 0 bridgehead atoms. The molecule has 1 N–H and O–H groups in total. The Labute approximate surface area is 157 Å². The number of rotatable bonds is 4. The van der Waals surface area contributed by atoms with Crippen LogP contribution in [0.5, 0.6) is 0 Å². The number of thioether (sulfide) groups is 1. The number of nitrogens with one attached hydrogen (secondary N) is 1. The third kappa shape index (κ3) is 3.57. The number of hydrogen-bond donors (Lipinski definition) is 1. The van der Waals surface area contributed by atoms with Gasteiger partial charge in [-0.2, -0.15) is 0 Å². The molecule has 0 unspecified atom stereocenters. The summed E-state index contributed by atoms with van der Waals surface area (Å²) in [7, 11) is 0. The zero-order chi connectivity index (χ0) is 18.1. The van der Waals surface area contributed by atoms with Crippen molar-refractivity contribution < 1.29 is 13.6 Å². The second-order valence-corrected chi connectivity index (χ2v) is 8.41. The number of pyridine rings is 1. The standard InChI is InChI=1S/C18H15F2N3OS2/c19-12-8-14-15(9-13(12)20)26-18(22-14)23-16(24)11-6-3-7-21-17(11)25-10-4-1-2-5-10/h3,6-10H,1-2,4-5H2,(H,22,23,24). The SMILES string of the molecule is O=C(Nc1nc2cc(F)c(F)cc2s1)c1cccnc1SC1CCCC1. The second-order valence-electron chi connectivity index (χ2n) is 6.09. The summed E-state index contributed by atoms with van der Waals surface area (Å²) in [5.74, 6) is -2.21. The Hall–Kier alpha value is -2.06. The van der Waals surface area contributed by atoms with Gasteiger partial charge in [-0.15, -0.1) is 11.8 Å². The monoisotopic (exact) mass is 391 g/mol. The molecule has 0 spiro atoms. The van der Waals surface area contributed by atoms with Crippen molar-refractivity contribution in [2.45, 2.75) is 36.0 Å². The van der Waals surface area contributed by atoms with E-state index in [4.69, 9.17) is 0 Å². The minimum Gasteiger partial charge on any atom is -0.298 e. The first-order valence-corrected chi connectivity index (χ1v) is 9.98. The van der Waals surface area contributed by atoms with E-state index in [1.807, 2.05) is 0 Å². The number of amides is 1. The quantitative estimate of drug-likeness (QED) is 0.659. The Bertz CT molecular complexity index is 931. The molecule has 1 aliphatic rings. The van der Waals surface area contributed by atoms with Crippen molar-refractivity contribution in [1.29, 1.82) is 0 Å². The van der Waals surface area contributed by atoms with E-state index in [1.54, 1.807) is 30.1 Å². The molecule has 1 aromatic carbocycles. The van der Waals surface area contributed by atoms with E-state index in [1.165, 1.54) is 12.8 Å². The van der Waals surface area contributed by atoms with Crippen LogP contribution in [0.1, 0.15) is 36.0 Å². The molecule has 1 amide bonds. The highest BCUT2D eigenvalue weighted by molar-refractivity contribution is 7.99. The number of aromatic nitrogens is 2. The van der Waals surface area contributed by atoms with Crippen LogP contribution in [0.25, 0.3) is 10.2 Å². The van der Waals surface area contributed by atoms with Crippen molar-refractivity contribution in [1.82, 2.24) is 9.97 Å². The predicted molar refractivity (Wildman–Crippen MR) is 99.8 cm³/mol. The first-order chi connectivity index (χ1) is 12.6. The molecule has 2 aromatic heterocycles. The minimum absolute atomic E-state index is 0.302. The van der Waals surface area contributed by atoms with Crippen LogP contribution in [0.4, 0.5) is 13.9 Å². The fourth-order valence-electron chi connectivity index (χ4n) is 2.96. The van der Waals surface area contributed by atoms with Gasteiger partial charge in [-0.25, -0.2) is 18.7 Å². The maximum atomic E-state index is 13.3. The van der Waals surface area contributed by atoms with E-state index < -0.39 is 11.6 Å². The van der Waals surface area contributed by atoms with E-state index >= 15 is 0 Å². The number of halogens is 2. The normalized spacial score (nSPS) is 14.8. The number of fused-ring (bicyclic) bond motifs is 1. The van der Waals surface area contributed by atoms with Crippen molar-refractivity contribution in [2.24, 2.45) is 0 Å². The van der Waals surface area contributed by atoms with Gasteiger partial charge in [0.25, 0.3) is 5.91 Å². The van der Waals surface area contributed by atoms with Gasteiger partial charge in [0.2, 0.25) is 0 Å². The number of anilines is 1. The Morgan fingerprint density at radius 2 is 2.00 bits per heavy atom. The van der Waals surface area contributed by atoms with Gasteiger partial charge in [-0.3, -0.25) is 10.1 Å². The maximum absolute atomic E-state index is 13.3. The second kappa shape index (κ2) is 7.28. The molecule has 0 saturated heterocycles. The summed E-state index contributed by atoms with van der Waals surface area (Å²) in [6, 6.07) is 5.56. The summed E-state index contributed by atoms with van der Waals surface area (Å²) in [5.41, 5.74) is 0.803. The lowest BCUT2D eigenvalue weighted by Gasteiger charge is -2.11. The molecule has 1 fully saturated rings. The van der Waals surface area contributed by atoms with Crippen molar-refractivity contribution >= 4 is 44.4 Å².